The Kier molecular flexibility index (Phi) is 11.0. The lowest BCUT2D eigenvalue weighted by Gasteiger charge is -2.37. The number of methoxy groups -OCH3 is 1. The minimum atomic E-state index is -1.54. The summed E-state index contributed by atoms with van der Waals surface area (Å²) in [6.07, 6.45) is 0. The molecule has 0 bridgehead atoms. The topological polar surface area (TPSA) is 161 Å². The third-order valence-corrected chi connectivity index (χ3v) is 6.21. The van der Waals surface area contributed by atoms with E-state index in [9.17, 15) is 29.3 Å². The van der Waals surface area contributed by atoms with E-state index in [1.807, 2.05) is 0 Å². The van der Waals surface area contributed by atoms with Crippen LogP contribution in [0, 0.1) is 10.1 Å². The van der Waals surface area contributed by atoms with Crippen LogP contribution in [-0.2, 0) is 38.1 Å². The highest BCUT2D eigenvalue weighted by molar-refractivity contribution is 6.14. The molecule has 1 aliphatic heterocycles. The highest BCUT2D eigenvalue weighted by atomic mass is 16.6. The number of esters is 4. The maximum atomic E-state index is 13.8. The largest absolute Gasteiger partial charge is 0.497 e. The van der Waals surface area contributed by atoms with Gasteiger partial charge in [-0.3, -0.25) is 15.0 Å². The van der Waals surface area contributed by atoms with Crippen molar-refractivity contribution in [2.24, 2.45) is 0 Å². The van der Waals surface area contributed by atoms with E-state index in [0.29, 0.717) is 5.75 Å². The summed E-state index contributed by atoms with van der Waals surface area (Å²) in [5, 5.41) is 11.7. The molecule has 0 aliphatic carbocycles. The quantitative estimate of drug-likeness (QED) is 0.150. The zero-order valence-electron chi connectivity index (χ0n) is 24.4. The molecule has 228 valence electrons. The number of anilines is 1. The third kappa shape index (κ3) is 6.83. The Morgan fingerprint density at radius 3 is 1.63 bits per heavy atom. The van der Waals surface area contributed by atoms with Crippen molar-refractivity contribution in [3.05, 3.63) is 86.7 Å². The van der Waals surface area contributed by atoms with Gasteiger partial charge in [-0.1, -0.05) is 12.1 Å². The molecule has 1 aliphatic rings. The Morgan fingerprint density at radius 2 is 1.21 bits per heavy atom. The van der Waals surface area contributed by atoms with Gasteiger partial charge in [-0.2, -0.15) is 0 Å². The fourth-order valence-electron chi connectivity index (χ4n) is 4.56. The first kappa shape index (κ1) is 32.3. The molecule has 13 heteroatoms. The van der Waals surface area contributed by atoms with Crippen LogP contribution < -0.4 is 9.64 Å². The van der Waals surface area contributed by atoms with Crippen molar-refractivity contribution in [3.63, 3.8) is 0 Å². The Morgan fingerprint density at radius 1 is 0.744 bits per heavy atom. The van der Waals surface area contributed by atoms with Crippen molar-refractivity contribution in [1.29, 1.82) is 0 Å². The molecule has 13 nitrogen and oxygen atoms in total. The van der Waals surface area contributed by atoms with Gasteiger partial charge in [-0.05, 0) is 57.5 Å². The van der Waals surface area contributed by atoms with Crippen LogP contribution in [0.25, 0.3) is 0 Å². The van der Waals surface area contributed by atoms with Gasteiger partial charge in [0.2, 0.25) is 0 Å². The zero-order valence-corrected chi connectivity index (χ0v) is 24.4. The first-order valence-electron chi connectivity index (χ1n) is 13.5. The highest BCUT2D eigenvalue weighted by Gasteiger charge is 2.48. The minimum Gasteiger partial charge on any atom is -0.497 e. The Labute approximate surface area is 247 Å². The predicted octanol–water partition coefficient (Wildman–Crippen LogP) is 3.97. The lowest BCUT2D eigenvalue weighted by atomic mass is 9.78. The van der Waals surface area contributed by atoms with Crippen LogP contribution in [-0.4, -0.2) is 62.3 Å². The molecular weight excluding hydrogens is 564 g/mol. The first-order chi connectivity index (χ1) is 20.6. The number of nitro groups is 1. The SMILES string of the molecule is CCOC(=O)C1=C(C(=O)OCC)N(c2ccc(OC)cc2)C(C(=O)OCC)=C(C(=O)OCC)C1c1cccc([N+](=O)[O-])c1. The smallest absolute Gasteiger partial charge is 0.355 e. The number of hydrogen-bond donors (Lipinski definition) is 0. The van der Waals surface area contributed by atoms with Gasteiger partial charge in [0, 0.05) is 17.8 Å². The van der Waals surface area contributed by atoms with E-state index in [0.717, 1.165) is 11.0 Å². The number of ether oxygens (including phenoxy) is 5. The summed E-state index contributed by atoms with van der Waals surface area (Å²) in [4.78, 5) is 67.2. The van der Waals surface area contributed by atoms with Gasteiger partial charge in [0.15, 0.2) is 0 Å². The fourth-order valence-corrected chi connectivity index (χ4v) is 4.56. The van der Waals surface area contributed by atoms with Gasteiger partial charge in [-0.25, -0.2) is 19.2 Å². The van der Waals surface area contributed by atoms with Crippen molar-refractivity contribution in [2.45, 2.75) is 33.6 Å². The highest BCUT2D eigenvalue weighted by Crippen LogP contribution is 2.46. The van der Waals surface area contributed by atoms with E-state index in [2.05, 4.69) is 0 Å². The molecule has 43 heavy (non-hydrogen) atoms. The van der Waals surface area contributed by atoms with Crippen molar-refractivity contribution >= 4 is 35.3 Å². The summed E-state index contributed by atoms with van der Waals surface area (Å²) in [6, 6.07) is 11.2. The number of non-ortho nitro benzene ring substituents is 1. The van der Waals surface area contributed by atoms with Crippen LogP contribution in [0.5, 0.6) is 5.75 Å². The van der Waals surface area contributed by atoms with Crippen molar-refractivity contribution in [3.8, 4) is 5.75 Å². The molecule has 0 saturated heterocycles. The molecule has 0 unspecified atom stereocenters. The summed E-state index contributed by atoms with van der Waals surface area (Å²) >= 11 is 0. The van der Waals surface area contributed by atoms with Crippen LogP contribution in [0.1, 0.15) is 39.2 Å². The third-order valence-electron chi connectivity index (χ3n) is 6.21. The van der Waals surface area contributed by atoms with Gasteiger partial charge in [0.25, 0.3) is 5.69 Å². The molecule has 0 radical (unpaired) electrons. The van der Waals surface area contributed by atoms with Crippen LogP contribution in [0.2, 0.25) is 0 Å². The van der Waals surface area contributed by atoms with Gasteiger partial charge >= 0.3 is 23.9 Å². The second-order valence-corrected chi connectivity index (χ2v) is 8.72. The number of carbonyl (C=O) groups is 4. The average molecular weight is 597 g/mol. The molecule has 2 aromatic rings. The van der Waals surface area contributed by atoms with Gasteiger partial charge in [0.05, 0.1) is 55.5 Å². The number of nitro benzene ring substituents is 1. The van der Waals surface area contributed by atoms with E-state index in [1.165, 1.54) is 37.4 Å². The number of carbonyl (C=O) groups excluding carboxylic acids is 4. The van der Waals surface area contributed by atoms with Crippen molar-refractivity contribution < 1.29 is 47.8 Å². The molecule has 0 aromatic heterocycles. The normalized spacial score (nSPS) is 13.4. The molecule has 1 heterocycles. The molecule has 0 saturated carbocycles. The monoisotopic (exact) mass is 596 g/mol. The summed E-state index contributed by atoms with van der Waals surface area (Å²) < 4.78 is 26.6. The van der Waals surface area contributed by atoms with Gasteiger partial charge in [0.1, 0.15) is 17.1 Å². The number of benzene rings is 2. The molecule has 0 fully saturated rings. The number of hydrogen-bond acceptors (Lipinski definition) is 12. The van der Waals surface area contributed by atoms with Crippen molar-refractivity contribution in [2.75, 3.05) is 38.4 Å². The summed E-state index contributed by atoms with van der Waals surface area (Å²) in [6.45, 7) is 5.72. The average Bonchev–Trinajstić information content (AvgIpc) is 3.00. The second kappa shape index (κ2) is 14.6. The van der Waals surface area contributed by atoms with Gasteiger partial charge < -0.3 is 23.7 Å². The molecule has 2 aromatic carbocycles. The second-order valence-electron chi connectivity index (χ2n) is 8.72. The molecule has 0 amide bonds. The molecule has 0 atom stereocenters. The summed E-state index contributed by atoms with van der Waals surface area (Å²) in [7, 11) is 1.45. The summed E-state index contributed by atoms with van der Waals surface area (Å²) in [5.41, 5.74) is -1.85. The first-order valence-corrected chi connectivity index (χ1v) is 13.5. The van der Waals surface area contributed by atoms with Crippen molar-refractivity contribution in [1.82, 2.24) is 0 Å². The maximum absolute atomic E-state index is 13.8. The van der Waals surface area contributed by atoms with Crippen LogP contribution in [0.4, 0.5) is 11.4 Å². The van der Waals surface area contributed by atoms with Crippen LogP contribution in [0.15, 0.2) is 71.1 Å². The Hall–Kier alpha value is -5.20. The minimum absolute atomic E-state index is 0.0401. The molecule has 3 rings (SSSR count). The molecule has 0 spiro atoms. The lowest BCUT2D eigenvalue weighted by Crippen LogP contribution is -2.43. The van der Waals surface area contributed by atoms with E-state index >= 15 is 0 Å². The summed E-state index contributed by atoms with van der Waals surface area (Å²) in [5.74, 6) is -5.19. The fraction of sp³-hybridized carbons (Fsp3) is 0.333. The number of rotatable bonds is 12. The van der Waals surface area contributed by atoms with E-state index in [4.69, 9.17) is 23.7 Å². The van der Waals surface area contributed by atoms with E-state index < -0.39 is 57.3 Å². The lowest BCUT2D eigenvalue weighted by molar-refractivity contribution is -0.384. The van der Waals surface area contributed by atoms with Gasteiger partial charge in [-0.15, -0.1) is 0 Å². The van der Waals surface area contributed by atoms with E-state index in [-0.39, 0.29) is 43.4 Å². The Bertz CT molecular complexity index is 1400. The Balaban J connectivity index is 2.61. The maximum Gasteiger partial charge on any atom is 0.355 e. The van der Waals surface area contributed by atoms with E-state index in [1.54, 1.807) is 39.8 Å². The van der Waals surface area contributed by atoms with Crippen LogP contribution in [0.3, 0.4) is 0 Å². The number of nitrogens with zero attached hydrogens (tertiary/aromatic N) is 2. The van der Waals surface area contributed by atoms with Crippen LogP contribution >= 0.6 is 0 Å². The molecule has 0 N–H and O–H groups in total. The standard InChI is InChI=1S/C30H32N2O11/c1-6-40-27(33)23-22(18-11-10-12-20(17-18)32(37)38)24(28(34)41-7-2)26(30(36)43-9-4)31(25(23)29(35)42-8-3)19-13-15-21(39-5)16-14-19/h10-17,22H,6-9H2,1-5H3. The predicted molar refractivity (Wildman–Crippen MR) is 152 cm³/mol. The zero-order chi connectivity index (χ0) is 31.7. The molecular formula is C30H32N2O11.